The molecule has 2 aromatic rings. The van der Waals surface area contributed by atoms with Crippen LogP contribution in [0, 0.1) is 0 Å². The lowest BCUT2D eigenvalue weighted by molar-refractivity contribution is 0.737. The van der Waals surface area contributed by atoms with Gasteiger partial charge < -0.3 is 5.32 Å². The van der Waals surface area contributed by atoms with Gasteiger partial charge in [0, 0.05) is 11.6 Å². The fourth-order valence-corrected chi connectivity index (χ4v) is 2.78. The smallest absolute Gasteiger partial charge is 0.150 e. The van der Waals surface area contributed by atoms with Crippen LogP contribution < -0.4 is 5.32 Å². The second kappa shape index (κ2) is 6.06. The molecule has 0 aliphatic carbocycles. The molecule has 0 aliphatic rings. The predicted octanol–water partition coefficient (Wildman–Crippen LogP) is 5.06. The highest BCUT2D eigenvalue weighted by Gasteiger charge is 2.15. The Morgan fingerprint density at radius 3 is 2.72 bits per heavy atom. The summed E-state index contributed by atoms with van der Waals surface area (Å²) >= 11 is 19.4. The molecule has 1 atom stereocenters. The monoisotopic (exact) mass is 321 g/mol. The minimum atomic E-state index is 0.0623. The zero-order chi connectivity index (χ0) is 13.1. The van der Waals surface area contributed by atoms with Crippen LogP contribution in [-0.2, 0) is 0 Å². The minimum absolute atomic E-state index is 0.0623. The highest BCUT2D eigenvalue weighted by atomic mass is 35.5. The number of thiazole rings is 1. The number of rotatable bonds is 4. The molecule has 3 nitrogen and oxygen atoms in total. The van der Waals surface area contributed by atoms with E-state index in [0.29, 0.717) is 15.9 Å². The SMILES string of the molecule is CCC(Nc1nc(Cl)c(Cl)cc1Cl)c1nccs1. The molecule has 1 unspecified atom stereocenters. The van der Waals surface area contributed by atoms with Crippen molar-refractivity contribution in [2.24, 2.45) is 0 Å². The van der Waals surface area contributed by atoms with Gasteiger partial charge in [-0.2, -0.15) is 0 Å². The van der Waals surface area contributed by atoms with Gasteiger partial charge in [0.1, 0.15) is 16.0 Å². The highest BCUT2D eigenvalue weighted by Crippen LogP contribution is 2.32. The number of nitrogens with one attached hydrogen (secondary N) is 1. The molecule has 2 heterocycles. The summed E-state index contributed by atoms with van der Waals surface area (Å²) in [5, 5.41) is 7.17. The van der Waals surface area contributed by atoms with Crippen LogP contribution in [0.1, 0.15) is 24.4 Å². The molecule has 0 radical (unpaired) electrons. The van der Waals surface area contributed by atoms with E-state index in [4.69, 9.17) is 34.8 Å². The van der Waals surface area contributed by atoms with Gasteiger partial charge in [0.05, 0.1) is 16.1 Å². The van der Waals surface area contributed by atoms with Gasteiger partial charge in [0.25, 0.3) is 0 Å². The molecule has 2 rings (SSSR count). The largest absolute Gasteiger partial charge is 0.360 e. The molecule has 0 aromatic carbocycles. The van der Waals surface area contributed by atoms with Gasteiger partial charge in [-0.25, -0.2) is 9.97 Å². The Hall–Kier alpha value is -0.550. The van der Waals surface area contributed by atoms with E-state index in [1.54, 1.807) is 23.6 Å². The van der Waals surface area contributed by atoms with Crippen molar-refractivity contribution >= 4 is 52.0 Å². The van der Waals surface area contributed by atoms with Crippen LogP contribution in [0.2, 0.25) is 15.2 Å². The Morgan fingerprint density at radius 1 is 1.33 bits per heavy atom. The maximum absolute atomic E-state index is 6.08. The third-order valence-electron chi connectivity index (χ3n) is 2.36. The first-order valence-electron chi connectivity index (χ1n) is 5.29. The third kappa shape index (κ3) is 3.06. The first kappa shape index (κ1) is 13.9. The van der Waals surface area contributed by atoms with Crippen molar-refractivity contribution < 1.29 is 0 Å². The van der Waals surface area contributed by atoms with Crippen LogP contribution in [0.4, 0.5) is 5.82 Å². The lowest BCUT2D eigenvalue weighted by atomic mass is 10.2. The second-order valence-corrected chi connectivity index (χ2v) is 5.67. The van der Waals surface area contributed by atoms with Crippen molar-refractivity contribution in [2.75, 3.05) is 5.32 Å². The molecule has 1 N–H and O–H groups in total. The number of nitrogens with zero attached hydrogens (tertiary/aromatic N) is 2. The summed E-state index contributed by atoms with van der Waals surface area (Å²) in [5.74, 6) is 0.521. The van der Waals surface area contributed by atoms with E-state index in [0.717, 1.165) is 11.4 Å². The van der Waals surface area contributed by atoms with Crippen molar-refractivity contribution in [3.63, 3.8) is 0 Å². The van der Waals surface area contributed by atoms with E-state index in [9.17, 15) is 0 Å². The molecular formula is C11H10Cl3N3S. The Labute approximate surface area is 124 Å². The standard InChI is InChI=1S/C11H10Cl3N3S/c1-2-8(11-15-3-4-18-11)16-10-7(13)5-6(12)9(14)17-10/h3-5,8H,2H2,1H3,(H,16,17). The molecule has 0 fully saturated rings. The molecule has 0 spiro atoms. The molecule has 18 heavy (non-hydrogen) atoms. The predicted molar refractivity (Wildman–Crippen MR) is 78.0 cm³/mol. The van der Waals surface area contributed by atoms with E-state index in [-0.39, 0.29) is 11.2 Å². The molecule has 0 saturated carbocycles. The lowest BCUT2D eigenvalue weighted by Crippen LogP contribution is -2.11. The quantitative estimate of drug-likeness (QED) is 0.799. The molecule has 0 amide bonds. The van der Waals surface area contributed by atoms with Crippen LogP contribution in [-0.4, -0.2) is 9.97 Å². The Kier molecular flexibility index (Phi) is 4.67. The molecular weight excluding hydrogens is 313 g/mol. The summed E-state index contributed by atoms with van der Waals surface area (Å²) in [6, 6.07) is 1.64. The Balaban J connectivity index is 2.25. The van der Waals surface area contributed by atoms with Gasteiger partial charge in [-0.05, 0) is 12.5 Å². The first-order chi connectivity index (χ1) is 8.61. The number of pyridine rings is 1. The van der Waals surface area contributed by atoms with E-state index in [1.165, 1.54) is 0 Å². The van der Waals surface area contributed by atoms with E-state index in [2.05, 4.69) is 22.2 Å². The fraction of sp³-hybridized carbons (Fsp3) is 0.273. The van der Waals surface area contributed by atoms with Gasteiger partial charge in [-0.3, -0.25) is 0 Å². The molecule has 2 aromatic heterocycles. The van der Waals surface area contributed by atoms with Crippen LogP contribution in [0.5, 0.6) is 0 Å². The average Bonchev–Trinajstić information content (AvgIpc) is 2.85. The van der Waals surface area contributed by atoms with Crippen LogP contribution in [0.15, 0.2) is 17.6 Å². The summed E-state index contributed by atoms with van der Waals surface area (Å²) < 4.78 is 0. The van der Waals surface area contributed by atoms with Crippen LogP contribution in [0.25, 0.3) is 0 Å². The highest BCUT2D eigenvalue weighted by molar-refractivity contribution is 7.09. The van der Waals surface area contributed by atoms with Gasteiger partial charge in [-0.1, -0.05) is 41.7 Å². The van der Waals surface area contributed by atoms with Crippen molar-refractivity contribution in [1.29, 1.82) is 0 Å². The molecule has 0 saturated heterocycles. The molecule has 96 valence electrons. The second-order valence-electron chi connectivity index (χ2n) is 3.57. The number of halogens is 3. The summed E-state index contributed by atoms with van der Waals surface area (Å²) in [7, 11) is 0. The zero-order valence-electron chi connectivity index (χ0n) is 9.45. The molecule has 0 aliphatic heterocycles. The fourth-order valence-electron chi connectivity index (χ4n) is 1.46. The maximum Gasteiger partial charge on any atom is 0.150 e. The minimum Gasteiger partial charge on any atom is -0.360 e. The Bertz CT molecular complexity index is 531. The summed E-state index contributed by atoms with van der Waals surface area (Å²) in [6.07, 6.45) is 2.64. The Morgan fingerprint density at radius 2 is 2.11 bits per heavy atom. The summed E-state index contributed by atoms with van der Waals surface area (Å²) in [4.78, 5) is 8.42. The van der Waals surface area contributed by atoms with Crippen LogP contribution >= 0.6 is 46.1 Å². The molecule has 7 heteroatoms. The van der Waals surface area contributed by atoms with E-state index >= 15 is 0 Å². The number of hydrogen-bond donors (Lipinski definition) is 1. The summed E-state index contributed by atoms with van der Waals surface area (Å²) in [6.45, 7) is 2.06. The van der Waals surface area contributed by atoms with E-state index in [1.807, 2.05) is 5.38 Å². The van der Waals surface area contributed by atoms with Crippen LogP contribution in [0.3, 0.4) is 0 Å². The zero-order valence-corrected chi connectivity index (χ0v) is 12.5. The normalized spacial score (nSPS) is 12.4. The molecule has 0 bridgehead atoms. The number of aromatic nitrogens is 2. The van der Waals surface area contributed by atoms with Crippen molar-refractivity contribution in [3.8, 4) is 0 Å². The number of anilines is 1. The van der Waals surface area contributed by atoms with Gasteiger partial charge in [-0.15, -0.1) is 11.3 Å². The lowest BCUT2D eigenvalue weighted by Gasteiger charge is -2.16. The van der Waals surface area contributed by atoms with Gasteiger partial charge in [0.2, 0.25) is 0 Å². The average molecular weight is 323 g/mol. The van der Waals surface area contributed by atoms with Crippen molar-refractivity contribution in [2.45, 2.75) is 19.4 Å². The van der Waals surface area contributed by atoms with Gasteiger partial charge in [0.15, 0.2) is 0 Å². The van der Waals surface area contributed by atoms with Crippen molar-refractivity contribution in [3.05, 3.63) is 37.8 Å². The van der Waals surface area contributed by atoms with Crippen molar-refractivity contribution in [1.82, 2.24) is 9.97 Å². The topological polar surface area (TPSA) is 37.8 Å². The van der Waals surface area contributed by atoms with Gasteiger partial charge >= 0.3 is 0 Å². The summed E-state index contributed by atoms with van der Waals surface area (Å²) in [5.41, 5.74) is 0. The van der Waals surface area contributed by atoms with E-state index < -0.39 is 0 Å². The first-order valence-corrected chi connectivity index (χ1v) is 7.30. The third-order valence-corrected chi connectivity index (χ3v) is 4.21. The number of hydrogen-bond acceptors (Lipinski definition) is 4. The maximum atomic E-state index is 6.08.